The van der Waals surface area contributed by atoms with Gasteiger partial charge in [-0.3, -0.25) is 4.79 Å². The first-order chi connectivity index (χ1) is 7.61. The molecule has 1 aliphatic rings. The molecule has 0 aromatic heterocycles. The van der Waals surface area contributed by atoms with E-state index in [1.807, 2.05) is 6.92 Å². The molecule has 2 amide bonds. The highest BCUT2D eigenvalue weighted by Crippen LogP contribution is 2.05. The lowest BCUT2D eigenvalue weighted by molar-refractivity contribution is -0.137. The van der Waals surface area contributed by atoms with E-state index in [2.05, 4.69) is 5.32 Å². The molecule has 1 unspecified atom stereocenters. The van der Waals surface area contributed by atoms with Crippen molar-refractivity contribution in [3.05, 3.63) is 0 Å². The Morgan fingerprint density at radius 1 is 1.56 bits per heavy atom. The molecule has 0 bridgehead atoms. The van der Waals surface area contributed by atoms with Crippen LogP contribution in [0.4, 0.5) is 4.79 Å². The molecule has 1 aliphatic heterocycles. The van der Waals surface area contributed by atoms with Gasteiger partial charge in [-0.15, -0.1) is 0 Å². The highest BCUT2D eigenvalue weighted by Gasteiger charge is 2.23. The van der Waals surface area contributed by atoms with Crippen molar-refractivity contribution in [2.75, 3.05) is 26.3 Å². The number of hydrogen-bond donors (Lipinski definition) is 2. The second-order valence-electron chi connectivity index (χ2n) is 3.85. The number of nitrogens with one attached hydrogen (secondary N) is 1. The number of ether oxygens (including phenoxy) is 1. The van der Waals surface area contributed by atoms with Gasteiger partial charge in [0.2, 0.25) is 0 Å². The van der Waals surface area contributed by atoms with Crippen molar-refractivity contribution in [2.24, 2.45) is 0 Å². The summed E-state index contributed by atoms with van der Waals surface area (Å²) >= 11 is 0. The van der Waals surface area contributed by atoms with Crippen LogP contribution in [0.1, 0.15) is 19.8 Å². The predicted octanol–water partition coefficient (Wildman–Crippen LogP) is 0.281. The third kappa shape index (κ3) is 4.06. The largest absolute Gasteiger partial charge is 0.481 e. The second kappa shape index (κ2) is 6.32. The summed E-state index contributed by atoms with van der Waals surface area (Å²) in [5, 5.41) is 11.1. The summed E-state index contributed by atoms with van der Waals surface area (Å²) in [7, 11) is 0. The summed E-state index contributed by atoms with van der Waals surface area (Å²) in [5.41, 5.74) is 0. The molecule has 0 aromatic rings. The maximum Gasteiger partial charge on any atom is 0.317 e. The maximum atomic E-state index is 11.7. The fraction of sp³-hybridized carbons (Fsp3) is 0.800. The van der Waals surface area contributed by atoms with E-state index in [-0.39, 0.29) is 18.5 Å². The van der Waals surface area contributed by atoms with Gasteiger partial charge >= 0.3 is 12.0 Å². The molecule has 2 N–H and O–H groups in total. The van der Waals surface area contributed by atoms with E-state index in [9.17, 15) is 9.59 Å². The summed E-state index contributed by atoms with van der Waals surface area (Å²) in [6.45, 7) is 4.03. The Balaban J connectivity index is 2.20. The molecule has 1 saturated heterocycles. The lowest BCUT2D eigenvalue weighted by atomic mass is 10.2. The van der Waals surface area contributed by atoms with Crippen LogP contribution in [0.5, 0.6) is 0 Å². The van der Waals surface area contributed by atoms with Crippen molar-refractivity contribution in [1.82, 2.24) is 10.2 Å². The monoisotopic (exact) mass is 230 g/mol. The van der Waals surface area contributed by atoms with Crippen LogP contribution in [-0.2, 0) is 9.53 Å². The highest BCUT2D eigenvalue weighted by atomic mass is 16.5. The molecule has 0 saturated carbocycles. The van der Waals surface area contributed by atoms with E-state index >= 15 is 0 Å². The van der Waals surface area contributed by atoms with Gasteiger partial charge in [-0.1, -0.05) is 0 Å². The molecule has 92 valence electrons. The van der Waals surface area contributed by atoms with Crippen LogP contribution in [0, 0.1) is 0 Å². The Kier molecular flexibility index (Phi) is 5.04. The first-order valence-corrected chi connectivity index (χ1v) is 5.45. The molecule has 6 heteroatoms. The van der Waals surface area contributed by atoms with Crippen molar-refractivity contribution in [3.63, 3.8) is 0 Å². The number of hydrogen-bond acceptors (Lipinski definition) is 3. The highest BCUT2D eigenvalue weighted by molar-refractivity contribution is 5.74. The molecule has 1 fully saturated rings. The van der Waals surface area contributed by atoms with Gasteiger partial charge in [0.15, 0.2) is 0 Å². The number of carbonyl (C=O) groups is 2. The summed E-state index contributed by atoms with van der Waals surface area (Å²) in [6, 6.07) is -0.0607. The van der Waals surface area contributed by atoms with E-state index in [1.54, 1.807) is 4.90 Å². The third-order valence-corrected chi connectivity index (χ3v) is 2.47. The van der Waals surface area contributed by atoms with E-state index in [4.69, 9.17) is 9.84 Å². The molecule has 1 heterocycles. The van der Waals surface area contributed by atoms with Crippen LogP contribution in [0.15, 0.2) is 0 Å². The number of amides is 2. The van der Waals surface area contributed by atoms with Gasteiger partial charge < -0.3 is 20.1 Å². The summed E-state index contributed by atoms with van der Waals surface area (Å²) in [6.07, 6.45) is 0.540. The molecule has 0 aliphatic carbocycles. The van der Waals surface area contributed by atoms with Crippen LogP contribution in [-0.4, -0.2) is 54.4 Å². The van der Waals surface area contributed by atoms with E-state index in [0.29, 0.717) is 32.7 Å². The van der Waals surface area contributed by atoms with Crippen molar-refractivity contribution in [2.45, 2.75) is 25.8 Å². The minimum atomic E-state index is -0.839. The van der Waals surface area contributed by atoms with Crippen molar-refractivity contribution in [1.29, 1.82) is 0 Å². The smallest absolute Gasteiger partial charge is 0.317 e. The number of urea groups is 1. The Bertz CT molecular complexity index is 257. The first kappa shape index (κ1) is 12.8. The van der Waals surface area contributed by atoms with Gasteiger partial charge in [0.05, 0.1) is 19.3 Å². The Morgan fingerprint density at radius 2 is 2.31 bits per heavy atom. The van der Waals surface area contributed by atoms with Crippen molar-refractivity contribution in [3.8, 4) is 0 Å². The zero-order chi connectivity index (χ0) is 12.0. The molecule has 6 nitrogen and oxygen atoms in total. The fourth-order valence-electron chi connectivity index (χ4n) is 1.57. The van der Waals surface area contributed by atoms with Crippen LogP contribution in [0.3, 0.4) is 0 Å². The zero-order valence-electron chi connectivity index (χ0n) is 9.44. The fourth-order valence-corrected chi connectivity index (χ4v) is 1.57. The van der Waals surface area contributed by atoms with Gasteiger partial charge in [-0.25, -0.2) is 4.79 Å². The average molecular weight is 230 g/mol. The quantitative estimate of drug-likeness (QED) is 0.680. The number of morpholine rings is 1. The number of carboxylic acids is 1. The Morgan fingerprint density at radius 3 is 2.94 bits per heavy atom. The zero-order valence-corrected chi connectivity index (χ0v) is 9.44. The predicted molar refractivity (Wildman–Crippen MR) is 57.3 cm³/mol. The van der Waals surface area contributed by atoms with Crippen LogP contribution in [0.25, 0.3) is 0 Å². The summed E-state index contributed by atoms with van der Waals surface area (Å²) in [5.74, 6) is -0.839. The molecule has 1 atom stereocenters. The van der Waals surface area contributed by atoms with Crippen LogP contribution >= 0.6 is 0 Å². The topological polar surface area (TPSA) is 78.9 Å². The minimum absolute atomic E-state index is 0.0771. The van der Waals surface area contributed by atoms with Gasteiger partial charge in [0, 0.05) is 19.5 Å². The Hall–Kier alpha value is -1.30. The van der Waals surface area contributed by atoms with E-state index in [1.165, 1.54) is 0 Å². The maximum absolute atomic E-state index is 11.7. The molecule has 0 aromatic carbocycles. The molecule has 0 spiro atoms. The van der Waals surface area contributed by atoms with Crippen molar-refractivity contribution < 1.29 is 19.4 Å². The number of rotatable bonds is 4. The average Bonchev–Trinajstić information content (AvgIpc) is 2.24. The van der Waals surface area contributed by atoms with Crippen LogP contribution in [0.2, 0.25) is 0 Å². The lowest BCUT2D eigenvalue weighted by Gasteiger charge is -2.33. The normalized spacial score (nSPS) is 20.6. The van der Waals surface area contributed by atoms with E-state index in [0.717, 1.165) is 0 Å². The van der Waals surface area contributed by atoms with E-state index < -0.39 is 5.97 Å². The number of aliphatic carboxylic acids is 1. The first-order valence-electron chi connectivity index (χ1n) is 5.45. The second-order valence-corrected chi connectivity index (χ2v) is 3.85. The minimum Gasteiger partial charge on any atom is -0.481 e. The lowest BCUT2D eigenvalue weighted by Crippen LogP contribution is -2.51. The number of nitrogens with zero attached hydrogens (tertiary/aromatic N) is 1. The molecule has 16 heavy (non-hydrogen) atoms. The summed E-state index contributed by atoms with van der Waals surface area (Å²) < 4.78 is 5.22. The standard InChI is InChI=1S/C10H18N2O4/c1-8-7-16-6-5-12(8)10(15)11-4-2-3-9(13)14/h8H,2-7H2,1H3,(H,11,15)(H,13,14). The molecule has 0 radical (unpaired) electrons. The molecule has 1 rings (SSSR count). The molecular formula is C10H18N2O4. The molecular weight excluding hydrogens is 212 g/mol. The van der Waals surface area contributed by atoms with Gasteiger partial charge in [0.25, 0.3) is 0 Å². The summed E-state index contributed by atoms with van der Waals surface area (Å²) in [4.78, 5) is 23.6. The van der Waals surface area contributed by atoms with Gasteiger partial charge in [0.1, 0.15) is 0 Å². The van der Waals surface area contributed by atoms with Crippen LogP contribution < -0.4 is 5.32 Å². The number of carboxylic acid groups (broad SMARTS) is 1. The SMILES string of the molecule is CC1COCCN1C(=O)NCCCC(=O)O. The Labute approximate surface area is 94.6 Å². The van der Waals surface area contributed by atoms with Gasteiger partial charge in [-0.05, 0) is 13.3 Å². The van der Waals surface area contributed by atoms with Gasteiger partial charge in [-0.2, -0.15) is 0 Å². The van der Waals surface area contributed by atoms with Crippen molar-refractivity contribution >= 4 is 12.0 Å². The number of carbonyl (C=O) groups excluding carboxylic acids is 1. The third-order valence-electron chi connectivity index (χ3n) is 2.47.